The molecule has 3 heterocycles. The van der Waals surface area contributed by atoms with Crippen LogP contribution in [0.15, 0.2) is 39.5 Å². The van der Waals surface area contributed by atoms with E-state index in [1.165, 1.54) is 12.1 Å². The third-order valence-corrected chi connectivity index (χ3v) is 5.52. The molecule has 2 saturated heterocycles. The Hall–Kier alpha value is -2.13. The van der Waals surface area contributed by atoms with E-state index in [0.717, 1.165) is 0 Å². The van der Waals surface area contributed by atoms with Gasteiger partial charge in [0.2, 0.25) is 6.29 Å². The molecule has 0 amide bonds. The van der Waals surface area contributed by atoms with Gasteiger partial charge in [0.25, 0.3) is 0 Å². The third-order valence-electron chi connectivity index (χ3n) is 5.52. The minimum Gasteiger partial charge on any atom is -0.462 e. The highest BCUT2D eigenvalue weighted by molar-refractivity contribution is 5.77. The van der Waals surface area contributed by atoms with E-state index in [9.17, 15) is 35.4 Å². The molecule has 32 heavy (non-hydrogen) atoms. The predicted octanol–water partition coefficient (Wildman–Crippen LogP) is -2.56. The van der Waals surface area contributed by atoms with Crippen molar-refractivity contribution in [3.05, 3.63) is 40.8 Å². The Balaban J connectivity index is 1.44. The molecule has 0 aliphatic carbocycles. The summed E-state index contributed by atoms with van der Waals surface area (Å²) in [7, 11) is 0. The molecule has 0 bridgehead atoms. The van der Waals surface area contributed by atoms with E-state index in [0.29, 0.717) is 5.39 Å². The summed E-state index contributed by atoms with van der Waals surface area (Å²) in [5.74, 6) is 0.168. The van der Waals surface area contributed by atoms with Gasteiger partial charge in [-0.25, -0.2) is 4.79 Å². The molecule has 12 nitrogen and oxygen atoms in total. The minimum atomic E-state index is -1.89. The fourth-order valence-corrected chi connectivity index (χ4v) is 3.52. The normalized spacial score (nSPS) is 37.6. The van der Waals surface area contributed by atoms with Crippen LogP contribution in [0.1, 0.15) is 0 Å². The second kappa shape index (κ2) is 9.02. The van der Waals surface area contributed by atoms with Gasteiger partial charge >= 0.3 is 5.63 Å². The Kier molecular flexibility index (Phi) is 6.49. The average Bonchev–Trinajstić information content (AvgIpc) is 3.07. The van der Waals surface area contributed by atoms with E-state index < -0.39 is 67.5 Å². The van der Waals surface area contributed by atoms with Crippen molar-refractivity contribution in [3.63, 3.8) is 0 Å². The van der Waals surface area contributed by atoms with E-state index in [1.807, 2.05) is 0 Å². The van der Waals surface area contributed by atoms with Crippen molar-refractivity contribution >= 4 is 11.0 Å². The second-order valence-electron chi connectivity index (χ2n) is 7.81. The topological polar surface area (TPSA) is 189 Å². The molecule has 2 aromatic rings. The van der Waals surface area contributed by atoms with Crippen LogP contribution in [0.5, 0.6) is 5.75 Å². The summed E-state index contributed by atoms with van der Waals surface area (Å²) in [6.07, 6.45) is -10.3. The van der Waals surface area contributed by atoms with Crippen LogP contribution in [-0.4, -0.2) is 99.2 Å². The Bertz CT molecular complexity index is 994. The lowest BCUT2D eigenvalue weighted by atomic mass is 9.99. The molecule has 0 saturated carbocycles. The molecule has 12 heteroatoms. The van der Waals surface area contributed by atoms with Crippen molar-refractivity contribution in [3.8, 4) is 5.75 Å². The number of aliphatic hydroxyl groups excluding tert-OH is 5. The molecule has 8 atom stereocenters. The van der Waals surface area contributed by atoms with Gasteiger partial charge in [-0.3, -0.25) is 0 Å². The summed E-state index contributed by atoms with van der Waals surface area (Å²) in [5, 5.41) is 60.6. The van der Waals surface area contributed by atoms with Crippen molar-refractivity contribution in [1.82, 2.24) is 0 Å². The summed E-state index contributed by atoms with van der Waals surface area (Å²) < 4.78 is 26.7. The lowest BCUT2D eigenvalue weighted by Crippen LogP contribution is -2.60. The number of ether oxygens (including phenoxy) is 4. The molecule has 2 aliphatic rings. The van der Waals surface area contributed by atoms with Gasteiger partial charge < -0.3 is 54.0 Å². The molecule has 0 spiro atoms. The van der Waals surface area contributed by atoms with Crippen LogP contribution in [-0.2, 0) is 14.2 Å². The lowest BCUT2D eigenvalue weighted by Gasteiger charge is -2.40. The monoisotopic (exact) mass is 456 g/mol. The van der Waals surface area contributed by atoms with Gasteiger partial charge in [0.05, 0.1) is 19.8 Å². The van der Waals surface area contributed by atoms with Gasteiger partial charge in [0.15, 0.2) is 6.29 Å². The van der Waals surface area contributed by atoms with Gasteiger partial charge in [-0.2, -0.15) is 0 Å². The molecule has 1 aromatic heterocycles. The summed E-state index contributed by atoms with van der Waals surface area (Å²) in [5.41, 5.74) is -2.20. The van der Waals surface area contributed by atoms with Crippen LogP contribution in [0.25, 0.3) is 11.0 Å². The second-order valence-corrected chi connectivity index (χ2v) is 7.81. The van der Waals surface area contributed by atoms with Gasteiger partial charge in [-0.1, -0.05) is 0 Å². The number of hydrogen-bond acceptors (Lipinski definition) is 12. The standard InChI is InChI=1S/C20H24O12/c21-7-20(27)8-29-19(17(20)26)28-6-12-14(23)15(24)16(25)18(32-12)30-10-3-1-9-2-4-13(22)31-11(9)5-10/h1-5,12,14-19,21,23-27H,6-8H2/t12-,14-,15+,16-,17+,18-,19-,20-/m1/s1. The Morgan fingerprint density at radius 3 is 2.50 bits per heavy atom. The number of hydrogen-bond donors (Lipinski definition) is 6. The molecular formula is C20H24O12. The highest BCUT2D eigenvalue weighted by atomic mass is 16.7. The fraction of sp³-hybridized carbons (Fsp3) is 0.550. The highest BCUT2D eigenvalue weighted by Crippen LogP contribution is 2.29. The first-order valence-electron chi connectivity index (χ1n) is 9.86. The zero-order valence-electron chi connectivity index (χ0n) is 16.7. The van der Waals surface area contributed by atoms with Crippen LogP contribution in [0.3, 0.4) is 0 Å². The molecular weight excluding hydrogens is 432 g/mol. The van der Waals surface area contributed by atoms with E-state index in [-0.39, 0.29) is 17.9 Å². The molecule has 4 rings (SSSR count). The zero-order valence-corrected chi connectivity index (χ0v) is 16.7. The summed E-state index contributed by atoms with van der Waals surface area (Å²) in [4.78, 5) is 11.4. The number of aliphatic hydroxyl groups is 6. The van der Waals surface area contributed by atoms with Crippen molar-refractivity contribution in [2.24, 2.45) is 0 Å². The number of fused-ring (bicyclic) bond motifs is 1. The number of benzene rings is 1. The first kappa shape index (κ1) is 23.0. The lowest BCUT2D eigenvalue weighted by molar-refractivity contribution is -0.289. The van der Waals surface area contributed by atoms with Crippen molar-refractivity contribution in [2.75, 3.05) is 19.8 Å². The summed E-state index contributed by atoms with van der Waals surface area (Å²) in [6.45, 7) is -1.52. The maximum atomic E-state index is 11.4. The number of rotatable bonds is 6. The van der Waals surface area contributed by atoms with E-state index in [1.54, 1.807) is 18.2 Å². The summed E-state index contributed by atoms with van der Waals surface area (Å²) in [6, 6.07) is 7.41. The Labute approximate surface area is 180 Å². The molecule has 2 fully saturated rings. The van der Waals surface area contributed by atoms with Gasteiger partial charge in [0.1, 0.15) is 47.5 Å². The van der Waals surface area contributed by atoms with Crippen molar-refractivity contribution < 1.29 is 54.0 Å². The maximum Gasteiger partial charge on any atom is 0.336 e. The first-order chi connectivity index (χ1) is 15.2. The Morgan fingerprint density at radius 2 is 1.78 bits per heavy atom. The van der Waals surface area contributed by atoms with Gasteiger partial charge in [0, 0.05) is 17.5 Å². The predicted molar refractivity (Wildman–Crippen MR) is 104 cm³/mol. The van der Waals surface area contributed by atoms with Gasteiger partial charge in [-0.15, -0.1) is 0 Å². The van der Waals surface area contributed by atoms with Crippen LogP contribution in [0.2, 0.25) is 0 Å². The van der Waals surface area contributed by atoms with Crippen molar-refractivity contribution in [1.29, 1.82) is 0 Å². The molecule has 1 aromatic carbocycles. The smallest absolute Gasteiger partial charge is 0.336 e. The largest absolute Gasteiger partial charge is 0.462 e. The molecule has 0 unspecified atom stereocenters. The molecule has 6 N–H and O–H groups in total. The molecule has 0 radical (unpaired) electrons. The quantitative estimate of drug-likeness (QED) is 0.250. The summed E-state index contributed by atoms with van der Waals surface area (Å²) >= 11 is 0. The average molecular weight is 456 g/mol. The SMILES string of the molecule is O=c1ccc2ccc(O[C@@H]3O[C@H](CO[C@@H]4OC[C@](O)(CO)[C@H]4O)[C@@H](O)[C@H](O)[C@H]3O)cc2o1. The maximum absolute atomic E-state index is 11.4. The Morgan fingerprint density at radius 1 is 1.03 bits per heavy atom. The van der Waals surface area contributed by atoms with Crippen LogP contribution in [0, 0.1) is 0 Å². The van der Waals surface area contributed by atoms with E-state index >= 15 is 0 Å². The van der Waals surface area contributed by atoms with Crippen molar-refractivity contribution in [2.45, 2.75) is 48.7 Å². The van der Waals surface area contributed by atoms with Crippen LogP contribution < -0.4 is 10.4 Å². The van der Waals surface area contributed by atoms with E-state index in [4.69, 9.17) is 23.4 Å². The van der Waals surface area contributed by atoms with Crippen LogP contribution >= 0.6 is 0 Å². The fourth-order valence-electron chi connectivity index (χ4n) is 3.52. The van der Waals surface area contributed by atoms with Crippen LogP contribution in [0.4, 0.5) is 0 Å². The molecule has 176 valence electrons. The third kappa shape index (κ3) is 4.37. The highest BCUT2D eigenvalue weighted by Gasteiger charge is 2.50. The van der Waals surface area contributed by atoms with E-state index in [2.05, 4.69) is 0 Å². The minimum absolute atomic E-state index is 0.168. The zero-order chi connectivity index (χ0) is 23.0. The first-order valence-corrected chi connectivity index (χ1v) is 9.86. The van der Waals surface area contributed by atoms with Gasteiger partial charge in [-0.05, 0) is 18.2 Å². The molecule has 2 aliphatic heterocycles.